The maximum absolute atomic E-state index is 13.8. The Hall–Kier alpha value is -1.61. The zero-order valence-corrected chi connectivity index (χ0v) is 11.1. The summed E-state index contributed by atoms with van der Waals surface area (Å²) >= 11 is 1.38. The highest BCUT2D eigenvalue weighted by atomic mass is 32.2. The number of aryl methyl sites for hydroxylation is 2. The Morgan fingerprint density at radius 1 is 1.06 bits per heavy atom. The second kappa shape index (κ2) is 5.36. The zero-order valence-electron chi connectivity index (χ0n) is 10.2. The van der Waals surface area contributed by atoms with Crippen LogP contribution in [0.5, 0.6) is 0 Å². The van der Waals surface area contributed by atoms with E-state index in [1.807, 2.05) is 32.0 Å². The van der Waals surface area contributed by atoms with Crippen LogP contribution in [0.3, 0.4) is 0 Å². The van der Waals surface area contributed by atoms with E-state index in [-0.39, 0.29) is 5.82 Å². The van der Waals surface area contributed by atoms with E-state index >= 15 is 0 Å². The predicted molar refractivity (Wildman–Crippen MR) is 71.8 cm³/mol. The van der Waals surface area contributed by atoms with Gasteiger partial charge in [-0.15, -0.1) is 0 Å². The Labute approximate surface area is 110 Å². The topological polar surface area (TPSA) is 17.1 Å². The molecule has 92 valence electrons. The van der Waals surface area contributed by atoms with Gasteiger partial charge >= 0.3 is 0 Å². The maximum atomic E-state index is 13.8. The standard InChI is InChI=1S/C15H13FOS/c1-10-3-4-11(2)15(7-10)18-14-6-5-12(9-17)8-13(14)16/h3-9H,1-2H3. The van der Waals surface area contributed by atoms with Crippen LogP contribution in [0.1, 0.15) is 21.5 Å². The van der Waals surface area contributed by atoms with Gasteiger partial charge in [0.25, 0.3) is 0 Å². The van der Waals surface area contributed by atoms with Crippen molar-refractivity contribution in [3.63, 3.8) is 0 Å². The van der Waals surface area contributed by atoms with Crippen molar-refractivity contribution in [2.45, 2.75) is 23.6 Å². The summed E-state index contributed by atoms with van der Waals surface area (Å²) < 4.78 is 13.8. The number of carbonyl (C=O) groups excluding carboxylic acids is 1. The number of hydrogen-bond acceptors (Lipinski definition) is 2. The highest BCUT2D eigenvalue weighted by Crippen LogP contribution is 2.32. The van der Waals surface area contributed by atoms with Gasteiger partial charge in [0.15, 0.2) is 0 Å². The molecule has 18 heavy (non-hydrogen) atoms. The minimum Gasteiger partial charge on any atom is -0.298 e. The van der Waals surface area contributed by atoms with E-state index in [4.69, 9.17) is 0 Å². The SMILES string of the molecule is Cc1ccc(C)c(Sc2ccc(C=O)cc2F)c1. The lowest BCUT2D eigenvalue weighted by molar-refractivity contribution is 0.112. The number of hydrogen-bond donors (Lipinski definition) is 0. The van der Waals surface area contributed by atoms with Crippen molar-refractivity contribution in [2.75, 3.05) is 0 Å². The first-order valence-electron chi connectivity index (χ1n) is 5.60. The van der Waals surface area contributed by atoms with Gasteiger partial charge in [-0.2, -0.15) is 0 Å². The summed E-state index contributed by atoms with van der Waals surface area (Å²) in [6.45, 7) is 4.01. The molecule has 0 saturated carbocycles. The van der Waals surface area contributed by atoms with Crippen molar-refractivity contribution >= 4 is 18.0 Å². The van der Waals surface area contributed by atoms with Crippen LogP contribution in [0.2, 0.25) is 0 Å². The van der Waals surface area contributed by atoms with Crippen LogP contribution < -0.4 is 0 Å². The Kier molecular flexibility index (Phi) is 3.82. The largest absolute Gasteiger partial charge is 0.298 e. The van der Waals surface area contributed by atoms with Crippen LogP contribution >= 0.6 is 11.8 Å². The van der Waals surface area contributed by atoms with Gasteiger partial charge in [0.2, 0.25) is 0 Å². The molecule has 2 aromatic rings. The highest BCUT2D eigenvalue weighted by Gasteiger charge is 2.07. The van der Waals surface area contributed by atoms with E-state index in [1.54, 1.807) is 12.1 Å². The van der Waals surface area contributed by atoms with Gasteiger partial charge < -0.3 is 0 Å². The molecule has 0 aliphatic heterocycles. The van der Waals surface area contributed by atoms with Gasteiger partial charge in [0, 0.05) is 15.4 Å². The molecule has 1 nitrogen and oxygen atoms in total. The van der Waals surface area contributed by atoms with E-state index in [0.717, 1.165) is 16.0 Å². The second-order valence-electron chi connectivity index (χ2n) is 4.18. The van der Waals surface area contributed by atoms with E-state index in [9.17, 15) is 9.18 Å². The van der Waals surface area contributed by atoms with Gasteiger partial charge in [-0.25, -0.2) is 4.39 Å². The summed E-state index contributed by atoms with van der Waals surface area (Å²) in [6.07, 6.45) is 0.648. The molecule has 0 saturated heterocycles. The molecule has 2 aromatic carbocycles. The molecule has 0 spiro atoms. The summed E-state index contributed by atoms with van der Waals surface area (Å²) in [5.74, 6) is -0.356. The molecule has 3 heteroatoms. The quantitative estimate of drug-likeness (QED) is 0.760. The third-order valence-electron chi connectivity index (χ3n) is 2.66. The molecular formula is C15H13FOS. The second-order valence-corrected chi connectivity index (χ2v) is 5.26. The number of aldehydes is 1. The fourth-order valence-electron chi connectivity index (χ4n) is 1.61. The van der Waals surface area contributed by atoms with E-state index in [1.165, 1.54) is 17.8 Å². The zero-order chi connectivity index (χ0) is 13.1. The summed E-state index contributed by atoms with van der Waals surface area (Å²) in [5.41, 5.74) is 2.62. The van der Waals surface area contributed by atoms with Crippen molar-refractivity contribution < 1.29 is 9.18 Å². The van der Waals surface area contributed by atoms with Gasteiger partial charge in [-0.1, -0.05) is 30.0 Å². The molecule has 0 unspecified atom stereocenters. The molecule has 2 rings (SSSR count). The smallest absolute Gasteiger partial charge is 0.150 e. The van der Waals surface area contributed by atoms with Gasteiger partial charge in [0.05, 0.1) is 0 Å². The van der Waals surface area contributed by atoms with Crippen molar-refractivity contribution in [2.24, 2.45) is 0 Å². The van der Waals surface area contributed by atoms with Gasteiger partial charge in [-0.3, -0.25) is 4.79 Å². The van der Waals surface area contributed by atoms with Crippen molar-refractivity contribution in [1.82, 2.24) is 0 Å². The van der Waals surface area contributed by atoms with Gasteiger partial charge in [0.1, 0.15) is 12.1 Å². The maximum Gasteiger partial charge on any atom is 0.150 e. The summed E-state index contributed by atoms with van der Waals surface area (Å²) in [5, 5.41) is 0. The minimum absolute atomic E-state index is 0.356. The fraction of sp³-hybridized carbons (Fsp3) is 0.133. The van der Waals surface area contributed by atoms with Crippen LogP contribution in [0.25, 0.3) is 0 Å². The van der Waals surface area contributed by atoms with Crippen LogP contribution in [0.4, 0.5) is 4.39 Å². The Bertz CT molecular complexity index is 593. The van der Waals surface area contributed by atoms with E-state index in [0.29, 0.717) is 16.7 Å². The molecular weight excluding hydrogens is 247 g/mol. The van der Waals surface area contributed by atoms with Crippen molar-refractivity contribution in [3.05, 3.63) is 58.9 Å². The molecule has 0 heterocycles. The monoisotopic (exact) mass is 260 g/mol. The summed E-state index contributed by atoms with van der Waals surface area (Å²) in [6, 6.07) is 10.6. The molecule has 0 amide bonds. The average molecular weight is 260 g/mol. The summed E-state index contributed by atoms with van der Waals surface area (Å²) in [7, 11) is 0. The predicted octanol–water partition coefficient (Wildman–Crippen LogP) is 4.41. The fourth-order valence-corrected chi connectivity index (χ4v) is 2.61. The molecule has 0 aliphatic carbocycles. The molecule has 0 N–H and O–H groups in total. The van der Waals surface area contributed by atoms with E-state index in [2.05, 4.69) is 0 Å². The van der Waals surface area contributed by atoms with E-state index < -0.39 is 0 Å². The molecule has 0 aliphatic rings. The molecule has 0 radical (unpaired) electrons. The van der Waals surface area contributed by atoms with Crippen molar-refractivity contribution in [3.8, 4) is 0 Å². The van der Waals surface area contributed by atoms with Gasteiger partial charge in [-0.05, 0) is 43.2 Å². The first-order valence-corrected chi connectivity index (χ1v) is 6.41. The van der Waals surface area contributed by atoms with Crippen LogP contribution in [-0.4, -0.2) is 6.29 Å². The first kappa shape index (κ1) is 12.8. The highest BCUT2D eigenvalue weighted by molar-refractivity contribution is 7.99. The molecule has 0 fully saturated rings. The Morgan fingerprint density at radius 2 is 1.83 bits per heavy atom. The van der Waals surface area contributed by atoms with Crippen LogP contribution in [0, 0.1) is 19.7 Å². The lowest BCUT2D eigenvalue weighted by Gasteiger charge is -2.07. The summed E-state index contributed by atoms with van der Waals surface area (Å²) in [4.78, 5) is 12.1. The van der Waals surface area contributed by atoms with Crippen molar-refractivity contribution in [1.29, 1.82) is 0 Å². The molecule has 0 atom stereocenters. The lowest BCUT2D eigenvalue weighted by Crippen LogP contribution is -1.87. The Morgan fingerprint density at radius 3 is 2.50 bits per heavy atom. The number of rotatable bonds is 3. The van der Waals surface area contributed by atoms with Crippen LogP contribution in [-0.2, 0) is 0 Å². The lowest BCUT2D eigenvalue weighted by atomic mass is 10.2. The Balaban J connectivity index is 2.34. The minimum atomic E-state index is -0.356. The number of halogens is 1. The molecule has 0 bridgehead atoms. The molecule has 0 aromatic heterocycles. The number of carbonyl (C=O) groups is 1. The first-order chi connectivity index (χ1) is 8.60. The average Bonchev–Trinajstić information content (AvgIpc) is 2.36. The van der Waals surface area contributed by atoms with Crippen LogP contribution in [0.15, 0.2) is 46.2 Å². The third kappa shape index (κ3) is 2.79. The normalized spacial score (nSPS) is 10.4. The number of benzene rings is 2. The third-order valence-corrected chi connectivity index (χ3v) is 3.87.